The quantitative estimate of drug-likeness (QED) is 0.551. The predicted molar refractivity (Wildman–Crippen MR) is 111 cm³/mol. The third kappa shape index (κ3) is 3.89. The van der Waals surface area contributed by atoms with Gasteiger partial charge in [-0.25, -0.2) is 8.42 Å². The summed E-state index contributed by atoms with van der Waals surface area (Å²) in [6, 6.07) is 7.74. The Hall–Kier alpha value is -1.68. The van der Waals surface area contributed by atoms with E-state index < -0.39 is 22.3 Å². The first kappa shape index (κ1) is 21.0. The maximum Gasteiger partial charge on any atom is 0.244 e. The van der Waals surface area contributed by atoms with Crippen LogP contribution in [-0.2, 0) is 15.7 Å². The van der Waals surface area contributed by atoms with Crippen LogP contribution in [0, 0.1) is 0 Å². The molecule has 2 aromatic carbocycles. The molecule has 0 spiro atoms. The molecule has 7 nitrogen and oxygen atoms in total. The van der Waals surface area contributed by atoms with Crippen molar-refractivity contribution in [1.82, 2.24) is 0 Å². The number of hydrogen-bond donors (Lipinski definition) is 2. The first-order valence-corrected chi connectivity index (χ1v) is 10.6. The molecule has 1 fully saturated rings. The van der Waals surface area contributed by atoms with Crippen LogP contribution < -0.4 is 19.5 Å². The minimum atomic E-state index is -3.17. The first-order chi connectivity index (χ1) is 13.2. The number of nitrogens with two attached hydrogens (primary N) is 1. The number of carbonyl (C=O) groups excluding carboxylic acids is 1. The van der Waals surface area contributed by atoms with Gasteiger partial charge in [0.05, 0.1) is 22.8 Å². The highest BCUT2D eigenvalue weighted by Gasteiger charge is 2.56. The topological polar surface area (TPSA) is 98.9 Å². The molecule has 1 aliphatic carbocycles. The zero-order chi connectivity index (χ0) is 20.6. The molecule has 0 aromatic heterocycles. The summed E-state index contributed by atoms with van der Waals surface area (Å²) >= 11 is 15.7. The number of carbonyl (C=O) groups is 1. The maximum atomic E-state index is 12.0. The molecule has 0 bridgehead atoms. The van der Waals surface area contributed by atoms with E-state index in [2.05, 4.69) is 15.9 Å². The van der Waals surface area contributed by atoms with E-state index in [0.717, 1.165) is 4.31 Å². The van der Waals surface area contributed by atoms with Crippen LogP contribution in [0.15, 0.2) is 34.8 Å². The number of thiol groups is 1. The number of primary amides is 1. The van der Waals surface area contributed by atoms with Crippen molar-refractivity contribution in [1.29, 1.82) is 0 Å². The zero-order valence-electron chi connectivity index (χ0n) is 14.4. The molecule has 3 rings (SSSR count). The van der Waals surface area contributed by atoms with Crippen LogP contribution in [0.4, 0.5) is 5.69 Å². The van der Waals surface area contributed by atoms with Crippen molar-refractivity contribution in [2.75, 3.05) is 11.4 Å². The van der Waals surface area contributed by atoms with Gasteiger partial charge in [0, 0.05) is 10.5 Å². The molecule has 0 radical (unpaired) electrons. The molecule has 0 heterocycles. The average molecular weight is 510 g/mol. The summed E-state index contributed by atoms with van der Waals surface area (Å²) in [5, 5.41) is 0.526. The third-order valence-corrected chi connectivity index (χ3v) is 6.26. The van der Waals surface area contributed by atoms with Crippen molar-refractivity contribution in [3.63, 3.8) is 0 Å². The smallest absolute Gasteiger partial charge is 0.244 e. The van der Waals surface area contributed by atoms with E-state index in [1.165, 1.54) is 19.2 Å². The maximum absolute atomic E-state index is 12.0. The fraction of sp³-hybridized carbons (Fsp3) is 0.235. The molecular formula is C17H15BrCl2N2O5S. The highest BCUT2D eigenvalue weighted by molar-refractivity contribution is 9.10. The zero-order valence-corrected chi connectivity index (χ0v) is 18.4. The van der Waals surface area contributed by atoms with E-state index in [1.807, 2.05) is 0 Å². The molecule has 28 heavy (non-hydrogen) atoms. The number of methoxy groups -OCH3 is 1. The van der Waals surface area contributed by atoms with Crippen LogP contribution >= 0.6 is 39.1 Å². The summed E-state index contributed by atoms with van der Waals surface area (Å²) in [4.78, 5) is 11.9. The number of nitrogens with zero attached hydrogens (tertiary/aromatic N) is 1. The predicted octanol–water partition coefficient (Wildman–Crippen LogP) is 3.91. The largest absolute Gasteiger partial charge is 0.495 e. The summed E-state index contributed by atoms with van der Waals surface area (Å²) in [6.45, 7) is 0. The van der Waals surface area contributed by atoms with Gasteiger partial charge in [-0.3, -0.25) is 9.10 Å². The summed E-state index contributed by atoms with van der Waals surface area (Å²) in [6.07, 6.45) is 0.647. The lowest BCUT2D eigenvalue weighted by Crippen LogP contribution is -2.46. The van der Waals surface area contributed by atoms with Crippen LogP contribution in [0.1, 0.15) is 12.8 Å². The van der Waals surface area contributed by atoms with Gasteiger partial charge in [0.1, 0.15) is 17.0 Å². The fourth-order valence-electron chi connectivity index (χ4n) is 2.80. The minimum absolute atomic E-state index is 0.136. The van der Waals surface area contributed by atoms with Crippen molar-refractivity contribution in [2.24, 2.45) is 5.73 Å². The van der Waals surface area contributed by atoms with E-state index in [4.69, 9.17) is 38.4 Å². The number of hydrogen-bond acceptors (Lipinski definition) is 5. The van der Waals surface area contributed by atoms with Gasteiger partial charge in [0.2, 0.25) is 16.8 Å². The Morgan fingerprint density at radius 3 is 2.29 bits per heavy atom. The number of anilines is 1. The van der Waals surface area contributed by atoms with Crippen LogP contribution in [0.25, 0.3) is 0 Å². The molecule has 1 amide bonds. The van der Waals surface area contributed by atoms with Crippen molar-refractivity contribution in [3.05, 3.63) is 44.8 Å². The van der Waals surface area contributed by atoms with Gasteiger partial charge >= 0.3 is 0 Å². The monoisotopic (exact) mass is 508 g/mol. The van der Waals surface area contributed by atoms with Gasteiger partial charge in [-0.15, -0.1) is 0 Å². The Bertz CT molecular complexity index is 996. The van der Waals surface area contributed by atoms with Gasteiger partial charge in [0.25, 0.3) is 0 Å². The fourth-order valence-corrected chi connectivity index (χ4v) is 5.03. The average Bonchev–Trinajstić information content (AvgIpc) is 3.40. The highest BCUT2D eigenvalue weighted by Crippen LogP contribution is 2.48. The summed E-state index contributed by atoms with van der Waals surface area (Å²) < 4.78 is 36.7. The summed E-state index contributed by atoms with van der Waals surface area (Å²) in [5.74, 6) is -0.0214. The highest BCUT2D eigenvalue weighted by atomic mass is 79.9. The number of benzene rings is 2. The van der Waals surface area contributed by atoms with Crippen molar-refractivity contribution in [3.8, 4) is 17.2 Å². The normalized spacial score (nSPS) is 14.6. The molecule has 0 saturated heterocycles. The molecule has 2 aromatic rings. The lowest BCUT2D eigenvalue weighted by atomic mass is 10.2. The van der Waals surface area contributed by atoms with Crippen molar-refractivity contribution >= 4 is 61.6 Å². The molecule has 11 heteroatoms. The molecule has 0 aliphatic heterocycles. The standard InChI is InChI=1S/C17H15BrCl2N2O5S/c1-26-14-3-2-10(27-15-11(19)6-9(18)7-12(15)20)8-13(14)22(28(24)25)17(4-5-17)16(21)23/h2-3,6-8,28H,4-5H2,1H3,(H2,21,23). The number of rotatable bonds is 7. The first-order valence-electron chi connectivity index (χ1n) is 7.94. The lowest BCUT2D eigenvalue weighted by molar-refractivity contribution is -0.119. The number of ether oxygens (including phenoxy) is 2. The molecule has 1 saturated carbocycles. The Balaban J connectivity index is 2.07. The second-order valence-electron chi connectivity index (χ2n) is 6.08. The summed E-state index contributed by atoms with van der Waals surface area (Å²) in [7, 11) is -1.78. The van der Waals surface area contributed by atoms with Crippen molar-refractivity contribution < 1.29 is 22.7 Å². The van der Waals surface area contributed by atoms with Gasteiger partial charge < -0.3 is 15.2 Å². The second-order valence-corrected chi connectivity index (χ2v) is 8.69. The lowest BCUT2D eigenvalue weighted by Gasteiger charge is -2.27. The van der Waals surface area contributed by atoms with Gasteiger partial charge in [-0.05, 0) is 37.1 Å². The van der Waals surface area contributed by atoms with E-state index in [0.29, 0.717) is 17.3 Å². The second kappa shape index (κ2) is 7.98. The Labute approximate surface area is 181 Å². The van der Waals surface area contributed by atoms with E-state index in [1.54, 1.807) is 18.2 Å². The Kier molecular flexibility index (Phi) is 6.00. The Morgan fingerprint density at radius 2 is 1.82 bits per heavy atom. The van der Waals surface area contributed by atoms with Crippen LogP contribution in [0.5, 0.6) is 17.2 Å². The molecule has 150 valence electrons. The molecule has 2 N–H and O–H groups in total. The molecule has 1 aliphatic rings. The van der Waals surface area contributed by atoms with Gasteiger partial charge in [-0.2, -0.15) is 0 Å². The Morgan fingerprint density at radius 1 is 1.21 bits per heavy atom. The van der Waals surface area contributed by atoms with E-state index in [-0.39, 0.29) is 33.0 Å². The van der Waals surface area contributed by atoms with Crippen LogP contribution in [0.3, 0.4) is 0 Å². The number of halogens is 3. The molecular weight excluding hydrogens is 495 g/mol. The van der Waals surface area contributed by atoms with E-state index in [9.17, 15) is 13.2 Å². The van der Waals surface area contributed by atoms with Crippen LogP contribution in [0.2, 0.25) is 10.0 Å². The van der Waals surface area contributed by atoms with Crippen molar-refractivity contribution in [2.45, 2.75) is 18.4 Å². The van der Waals surface area contributed by atoms with Gasteiger partial charge in [-0.1, -0.05) is 39.1 Å². The van der Waals surface area contributed by atoms with E-state index >= 15 is 0 Å². The SMILES string of the molecule is COc1ccc(Oc2c(Cl)cc(Br)cc2Cl)cc1N([SH](=O)=O)C1(C(N)=O)CC1. The number of amides is 1. The summed E-state index contributed by atoms with van der Waals surface area (Å²) in [5.41, 5.74) is 4.29. The van der Waals surface area contributed by atoms with Gasteiger partial charge in [0.15, 0.2) is 5.75 Å². The third-order valence-electron chi connectivity index (χ3n) is 4.31. The molecule has 0 atom stereocenters. The van der Waals surface area contributed by atoms with Crippen LogP contribution in [-0.4, -0.2) is 27.0 Å². The molecule has 0 unspecified atom stereocenters. The minimum Gasteiger partial charge on any atom is -0.495 e.